The minimum absolute atomic E-state index is 0.0356. The van der Waals surface area contributed by atoms with Crippen molar-refractivity contribution >= 4 is 21.7 Å². The summed E-state index contributed by atoms with van der Waals surface area (Å²) < 4.78 is 0.738. The third-order valence-corrected chi connectivity index (χ3v) is 2.28. The van der Waals surface area contributed by atoms with Crippen molar-refractivity contribution in [3.8, 4) is 0 Å². The third kappa shape index (κ3) is 1.73. The van der Waals surface area contributed by atoms with E-state index < -0.39 is 0 Å². The van der Waals surface area contributed by atoms with Crippen molar-refractivity contribution in [2.24, 2.45) is 0 Å². The highest BCUT2D eigenvalue weighted by molar-refractivity contribution is 9.10. The van der Waals surface area contributed by atoms with Crippen LogP contribution in [-0.4, -0.2) is 10.9 Å². The van der Waals surface area contributed by atoms with Crippen molar-refractivity contribution in [3.63, 3.8) is 0 Å². The number of aliphatic hydroxyl groups is 1. The van der Waals surface area contributed by atoms with Gasteiger partial charge in [0.05, 0.1) is 6.61 Å². The van der Waals surface area contributed by atoms with Crippen LogP contribution in [0.5, 0.6) is 0 Å². The maximum Gasteiger partial charge on any atom is 0.161 e. The molecule has 0 saturated carbocycles. The second kappa shape index (κ2) is 3.83. The Balaban J connectivity index is 3.29. The molecule has 0 aliphatic carbocycles. The van der Waals surface area contributed by atoms with Gasteiger partial charge in [0.15, 0.2) is 5.78 Å². The van der Waals surface area contributed by atoms with E-state index >= 15 is 0 Å². The molecule has 0 aliphatic heterocycles. The largest absolute Gasteiger partial charge is 0.392 e. The maximum atomic E-state index is 11.1. The van der Waals surface area contributed by atoms with E-state index in [4.69, 9.17) is 5.11 Å². The molecule has 0 fully saturated rings. The number of halogens is 1. The lowest BCUT2D eigenvalue weighted by atomic mass is 10.1. The van der Waals surface area contributed by atoms with Crippen molar-refractivity contribution in [1.29, 1.82) is 0 Å². The maximum absolute atomic E-state index is 11.1. The molecule has 0 aliphatic rings. The van der Waals surface area contributed by atoms with Crippen molar-refractivity contribution in [1.82, 2.24) is 0 Å². The number of hydrogen-bond donors (Lipinski definition) is 1. The molecule has 0 unspecified atom stereocenters. The average Bonchev–Trinajstić information content (AvgIpc) is 2.03. The molecule has 2 nitrogen and oxygen atoms in total. The van der Waals surface area contributed by atoms with E-state index in [1.54, 1.807) is 18.2 Å². The smallest absolute Gasteiger partial charge is 0.161 e. The molecule has 12 heavy (non-hydrogen) atoms. The van der Waals surface area contributed by atoms with Crippen LogP contribution in [0.1, 0.15) is 22.8 Å². The Morgan fingerprint density at radius 1 is 1.58 bits per heavy atom. The molecule has 1 aromatic carbocycles. The molecule has 0 atom stereocenters. The summed E-state index contributed by atoms with van der Waals surface area (Å²) in [6, 6.07) is 5.32. The lowest BCUT2D eigenvalue weighted by Crippen LogP contribution is -2.00. The molecule has 0 radical (unpaired) electrons. The van der Waals surface area contributed by atoms with Gasteiger partial charge in [-0.05, 0) is 18.6 Å². The van der Waals surface area contributed by atoms with Gasteiger partial charge in [0.2, 0.25) is 0 Å². The first-order valence-electron chi connectivity index (χ1n) is 3.56. The van der Waals surface area contributed by atoms with Crippen molar-refractivity contribution in [3.05, 3.63) is 33.8 Å². The monoisotopic (exact) mass is 228 g/mol. The van der Waals surface area contributed by atoms with Crippen molar-refractivity contribution in [2.45, 2.75) is 13.5 Å². The van der Waals surface area contributed by atoms with Gasteiger partial charge in [-0.2, -0.15) is 0 Å². The lowest BCUT2D eigenvalue weighted by molar-refractivity contribution is 0.101. The fourth-order valence-corrected chi connectivity index (χ4v) is 1.78. The minimum atomic E-state index is -0.103. The van der Waals surface area contributed by atoms with Crippen LogP contribution < -0.4 is 0 Å². The molecular weight excluding hydrogens is 220 g/mol. The molecule has 64 valence electrons. The molecule has 0 heterocycles. The summed E-state index contributed by atoms with van der Waals surface area (Å²) in [5.74, 6) is -0.0356. The average molecular weight is 229 g/mol. The summed E-state index contributed by atoms with van der Waals surface area (Å²) in [6.45, 7) is 1.38. The summed E-state index contributed by atoms with van der Waals surface area (Å²) in [5.41, 5.74) is 1.23. The van der Waals surface area contributed by atoms with Crippen LogP contribution in [0.25, 0.3) is 0 Å². The molecular formula is C9H9BrO2. The van der Waals surface area contributed by atoms with Gasteiger partial charge in [-0.1, -0.05) is 28.1 Å². The summed E-state index contributed by atoms with van der Waals surface area (Å²) in [4.78, 5) is 11.1. The normalized spacial score (nSPS) is 9.92. The lowest BCUT2D eigenvalue weighted by Gasteiger charge is -2.05. The van der Waals surface area contributed by atoms with E-state index in [1.807, 2.05) is 0 Å². The molecule has 1 rings (SSSR count). The van der Waals surface area contributed by atoms with E-state index in [9.17, 15) is 4.79 Å². The summed E-state index contributed by atoms with van der Waals surface area (Å²) in [5, 5.41) is 8.92. The van der Waals surface area contributed by atoms with Gasteiger partial charge in [-0.15, -0.1) is 0 Å². The minimum Gasteiger partial charge on any atom is -0.392 e. The predicted octanol–water partition coefficient (Wildman–Crippen LogP) is 2.14. The van der Waals surface area contributed by atoms with Crippen LogP contribution in [0.2, 0.25) is 0 Å². The van der Waals surface area contributed by atoms with E-state index in [2.05, 4.69) is 15.9 Å². The molecule has 1 N–H and O–H groups in total. The number of rotatable bonds is 2. The highest BCUT2D eigenvalue weighted by Gasteiger charge is 2.09. The van der Waals surface area contributed by atoms with Gasteiger partial charge in [-0.25, -0.2) is 0 Å². The Hall–Kier alpha value is -0.670. The first-order valence-corrected chi connectivity index (χ1v) is 4.35. The Morgan fingerprint density at radius 3 is 2.67 bits per heavy atom. The first-order chi connectivity index (χ1) is 5.66. The Morgan fingerprint density at radius 2 is 2.25 bits per heavy atom. The highest BCUT2D eigenvalue weighted by atomic mass is 79.9. The number of hydrogen-bond acceptors (Lipinski definition) is 2. The number of aliphatic hydroxyl groups excluding tert-OH is 1. The Kier molecular flexibility index (Phi) is 3.00. The standard InChI is InChI=1S/C9H9BrO2/c1-6(12)9-7(5-11)3-2-4-8(9)10/h2-4,11H,5H2,1H3. The SMILES string of the molecule is CC(=O)c1c(Br)cccc1CO. The number of benzene rings is 1. The molecule has 0 bridgehead atoms. The topological polar surface area (TPSA) is 37.3 Å². The van der Waals surface area contributed by atoms with Gasteiger partial charge >= 0.3 is 0 Å². The van der Waals surface area contributed by atoms with Gasteiger partial charge in [0, 0.05) is 10.0 Å². The molecule has 1 aromatic rings. The number of ketones is 1. The van der Waals surface area contributed by atoms with Gasteiger partial charge in [0.1, 0.15) is 0 Å². The summed E-state index contributed by atoms with van der Waals surface area (Å²) in [7, 11) is 0. The van der Waals surface area contributed by atoms with E-state index in [-0.39, 0.29) is 12.4 Å². The van der Waals surface area contributed by atoms with E-state index in [0.29, 0.717) is 11.1 Å². The van der Waals surface area contributed by atoms with Crippen LogP contribution in [-0.2, 0) is 6.61 Å². The quantitative estimate of drug-likeness (QED) is 0.789. The molecule has 0 saturated heterocycles. The zero-order valence-electron chi connectivity index (χ0n) is 6.67. The third-order valence-electron chi connectivity index (χ3n) is 1.62. The Labute approximate surface area is 79.3 Å². The first kappa shape index (κ1) is 9.42. The van der Waals surface area contributed by atoms with Crippen LogP contribution in [0.4, 0.5) is 0 Å². The second-order valence-electron chi connectivity index (χ2n) is 2.49. The van der Waals surface area contributed by atoms with Crippen LogP contribution >= 0.6 is 15.9 Å². The van der Waals surface area contributed by atoms with Gasteiger partial charge in [-0.3, -0.25) is 4.79 Å². The van der Waals surface area contributed by atoms with Crippen LogP contribution in [0, 0.1) is 0 Å². The van der Waals surface area contributed by atoms with Crippen molar-refractivity contribution in [2.75, 3.05) is 0 Å². The van der Waals surface area contributed by atoms with Crippen molar-refractivity contribution < 1.29 is 9.90 Å². The second-order valence-corrected chi connectivity index (χ2v) is 3.34. The summed E-state index contributed by atoms with van der Waals surface area (Å²) in [6.07, 6.45) is 0. The van der Waals surface area contributed by atoms with E-state index in [1.165, 1.54) is 6.92 Å². The molecule has 0 amide bonds. The molecule has 0 aromatic heterocycles. The van der Waals surface area contributed by atoms with Gasteiger partial charge in [0.25, 0.3) is 0 Å². The number of carbonyl (C=O) groups excluding carboxylic acids is 1. The zero-order valence-corrected chi connectivity index (χ0v) is 8.26. The molecule has 0 spiro atoms. The zero-order chi connectivity index (χ0) is 9.14. The van der Waals surface area contributed by atoms with Crippen LogP contribution in [0.15, 0.2) is 22.7 Å². The fraction of sp³-hybridized carbons (Fsp3) is 0.222. The van der Waals surface area contributed by atoms with Gasteiger partial charge < -0.3 is 5.11 Å². The number of carbonyl (C=O) groups is 1. The summed E-state index contributed by atoms with van der Waals surface area (Å²) >= 11 is 3.26. The Bertz CT molecular complexity index is 307. The van der Waals surface area contributed by atoms with Crippen LogP contribution in [0.3, 0.4) is 0 Å². The number of Topliss-reactive ketones (excluding diaryl/α,β-unsaturated/α-hetero) is 1. The van der Waals surface area contributed by atoms with E-state index in [0.717, 1.165) is 4.47 Å². The molecule has 3 heteroatoms. The fourth-order valence-electron chi connectivity index (χ4n) is 1.09. The predicted molar refractivity (Wildman–Crippen MR) is 50.1 cm³/mol. The highest BCUT2D eigenvalue weighted by Crippen LogP contribution is 2.20.